The molecule has 0 bridgehead atoms. The Bertz CT molecular complexity index is 218. The highest BCUT2D eigenvalue weighted by Gasteiger charge is 2.18. The fourth-order valence-electron chi connectivity index (χ4n) is 2.20. The molecule has 0 spiro atoms. The summed E-state index contributed by atoms with van der Waals surface area (Å²) in [6, 6.07) is 1.09. The molecule has 1 amide bonds. The van der Waals surface area contributed by atoms with Gasteiger partial charge in [0.2, 0.25) is 5.91 Å². The zero-order valence-electron chi connectivity index (χ0n) is 10.5. The molecule has 1 fully saturated rings. The number of hydrogen-bond acceptors (Lipinski definition) is 3. The molecular formula is C12H25N3O. The summed E-state index contributed by atoms with van der Waals surface area (Å²) < 4.78 is 0. The quantitative estimate of drug-likeness (QED) is 0.649. The Kier molecular flexibility index (Phi) is 5.77. The van der Waals surface area contributed by atoms with Gasteiger partial charge in [-0.25, -0.2) is 0 Å². The molecule has 4 heteroatoms. The summed E-state index contributed by atoms with van der Waals surface area (Å²) in [7, 11) is 0. The first kappa shape index (κ1) is 13.5. The minimum atomic E-state index is 0.127. The molecular weight excluding hydrogens is 202 g/mol. The van der Waals surface area contributed by atoms with Crippen molar-refractivity contribution in [3.8, 4) is 0 Å². The summed E-state index contributed by atoms with van der Waals surface area (Å²) in [5, 5.41) is 6.30. The number of carbonyl (C=O) groups is 1. The average molecular weight is 227 g/mol. The largest absolute Gasteiger partial charge is 0.354 e. The fourth-order valence-corrected chi connectivity index (χ4v) is 2.20. The Hall–Kier alpha value is -0.610. The first-order valence-electron chi connectivity index (χ1n) is 6.36. The highest BCUT2D eigenvalue weighted by molar-refractivity contribution is 5.76. The van der Waals surface area contributed by atoms with E-state index in [1.807, 2.05) is 13.8 Å². The second kappa shape index (κ2) is 6.86. The van der Waals surface area contributed by atoms with Crippen LogP contribution < -0.4 is 16.4 Å². The normalized spacial score (nSPS) is 25.8. The summed E-state index contributed by atoms with van der Waals surface area (Å²) in [5.41, 5.74) is 5.90. The molecule has 0 heterocycles. The summed E-state index contributed by atoms with van der Waals surface area (Å²) in [5.74, 6) is 0.127. The second-order valence-corrected chi connectivity index (χ2v) is 5.05. The molecule has 94 valence electrons. The molecule has 1 aliphatic rings. The Balaban J connectivity index is 2.08. The Labute approximate surface area is 98.3 Å². The van der Waals surface area contributed by atoms with Crippen molar-refractivity contribution in [2.75, 3.05) is 6.54 Å². The Morgan fingerprint density at radius 3 is 2.81 bits per heavy atom. The van der Waals surface area contributed by atoms with Gasteiger partial charge in [-0.2, -0.15) is 0 Å². The Morgan fingerprint density at radius 2 is 2.19 bits per heavy atom. The molecule has 1 aliphatic carbocycles. The van der Waals surface area contributed by atoms with E-state index in [1.54, 1.807) is 0 Å². The number of carbonyl (C=O) groups excluding carboxylic acids is 1. The van der Waals surface area contributed by atoms with Crippen molar-refractivity contribution in [1.29, 1.82) is 0 Å². The van der Waals surface area contributed by atoms with E-state index < -0.39 is 0 Å². The van der Waals surface area contributed by atoms with Gasteiger partial charge >= 0.3 is 0 Å². The minimum Gasteiger partial charge on any atom is -0.354 e. The summed E-state index contributed by atoms with van der Waals surface area (Å²) in [6.45, 7) is 4.72. The van der Waals surface area contributed by atoms with E-state index in [4.69, 9.17) is 5.73 Å². The van der Waals surface area contributed by atoms with Gasteiger partial charge in [0.05, 0.1) is 0 Å². The van der Waals surface area contributed by atoms with E-state index >= 15 is 0 Å². The van der Waals surface area contributed by atoms with Crippen molar-refractivity contribution in [2.24, 2.45) is 5.73 Å². The third kappa shape index (κ3) is 5.47. The highest BCUT2D eigenvalue weighted by atomic mass is 16.1. The predicted octanol–water partition coefficient (Wildman–Crippen LogP) is 0.761. The van der Waals surface area contributed by atoms with Crippen LogP contribution in [0.4, 0.5) is 0 Å². The van der Waals surface area contributed by atoms with Crippen molar-refractivity contribution in [1.82, 2.24) is 10.6 Å². The van der Waals surface area contributed by atoms with E-state index in [-0.39, 0.29) is 11.9 Å². The van der Waals surface area contributed by atoms with E-state index in [9.17, 15) is 4.79 Å². The Morgan fingerprint density at radius 1 is 1.44 bits per heavy atom. The lowest BCUT2D eigenvalue weighted by atomic mass is 9.91. The van der Waals surface area contributed by atoms with Crippen LogP contribution in [0.5, 0.6) is 0 Å². The van der Waals surface area contributed by atoms with E-state index in [1.165, 1.54) is 12.8 Å². The summed E-state index contributed by atoms with van der Waals surface area (Å²) in [4.78, 5) is 11.4. The summed E-state index contributed by atoms with van der Waals surface area (Å²) >= 11 is 0. The maximum Gasteiger partial charge on any atom is 0.221 e. The molecule has 2 atom stereocenters. The van der Waals surface area contributed by atoms with Crippen LogP contribution in [0.25, 0.3) is 0 Å². The number of nitrogens with two attached hydrogens (primary N) is 1. The van der Waals surface area contributed by atoms with Gasteiger partial charge < -0.3 is 16.4 Å². The molecule has 4 nitrogen and oxygen atoms in total. The molecule has 1 saturated carbocycles. The van der Waals surface area contributed by atoms with Gasteiger partial charge in [0, 0.05) is 31.1 Å². The maximum absolute atomic E-state index is 11.4. The molecule has 4 N–H and O–H groups in total. The molecule has 16 heavy (non-hydrogen) atoms. The zero-order chi connectivity index (χ0) is 12.0. The van der Waals surface area contributed by atoms with E-state index in [0.717, 1.165) is 19.4 Å². The van der Waals surface area contributed by atoms with Gasteiger partial charge in [0.15, 0.2) is 0 Å². The van der Waals surface area contributed by atoms with Gasteiger partial charge in [0.1, 0.15) is 0 Å². The van der Waals surface area contributed by atoms with Crippen LogP contribution in [0.3, 0.4) is 0 Å². The average Bonchev–Trinajstić information content (AvgIpc) is 2.16. The lowest BCUT2D eigenvalue weighted by Crippen LogP contribution is -2.41. The van der Waals surface area contributed by atoms with E-state index in [2.05, 4.69) is 10.6 Å². The van der Waals surface area contributed by atoms with Crippen molar-refractivity contribution >= 4 is 5.91 Å². The molecule has 0 aromatic heterocycles. The second-order valence-electron chi connectivity index (χ2n) is 5.05. The van der Waals surface area contributed by atoms with Crippen LogP contribution >= 0.6 is 0 Å². The van der Waals surface area contributed by atoms with Crippen LogP contribution in [0.1, 0.15) is 46.0 Å². The predicted molar refractivity (Wildman–Crippen MR) is 66.1 cm³/mol. The number of hydrogen-bond donors (Lipinski definition) is 3. The van der Waals surface area contributed by atoms with Gasteiger partial charge in [-0.15, -0.1) is 0 Å². The molecule has 0 saturated heterocycles. The van der Waals surface area contributed by atoms with Crippen molar-refractivity contribution in [3.63, 3.8) is 0 Å². The van der Waals surface area contributed by atoms with Gasteiger partial charge in [-0.1, -0.05) is 6.42 Å². The van der Waals surface area contributed by atoms with Crippen LogP contribution in [-0.2, 0) is 4.79 Å². The van der Waals surface area contributed by atoms with Crippen molar-refractivity contribution in [3.05, 3.63) is 0 Å². The molecule has 0 aliphatic heterocycles. The van der Waals surface area contributed by atoms with Gasteiger partial charge in [-0.05, 0) is 33.1 Å². The van der Waals surface area contributed by atoms with E-state index in [0.29, 0.717) is 18.5 Å². The lowest BCUT2D eigenvalue weighted by molar-refractivity contribution is -0.121. The molecule has 0 aromatic rings. The maximum atomic E-state index is 11.4. The van der Waals surface area contributed by atoms with Crippen molar-refractivity contribution in [2.45, 2.75) is 64.1 Å². The monoisotopic (exact) mass is 227 g/mol. The van der Waals surface area contributed by atoms with Crippen LogP contribution in [-0.4, -0.2) is 30.6 Å². The van der Waals surface area contributed by atoms with Crippen LogP contribution in [0.2, 0.25) is 0 Å². The standard InChI is InChI=1S/C12H25N3O/c1-9(2)15-12(16)6-7-14-11-5-3-4-10(13)8-11/h9-11,14H,3-8,13H2,1-2H3,(H,15,16). The first-order valence-corrected chi connectivity index (χ1v) is 6.36. The third-order valence-electron chi connectivity index (χ3n) is 2.95. The number of nitrogens with one attached hydrogen (secondary N) is 2. The van der Waals surface area contributed by atoms with Gasteiger partial charge in [0.25, 0.3) is 0 Å². The SMILES string of the molecule is CC(C)NC(=O)CCNC1CCCC(N)C1. The molecule has 0 radical (unpaired) electrons. The smallest absolute Gasteiger partial charge is 0.221 e. The third-order valence-corrected chi connectivity index (χ3v) is 2.95. The topological polar surface area (TPSA) is 67.2 Å². The van der Waals surface area contributed by atoms with Gasteiger partial charge in [-0.3, -0.25) is 4.79 Å². The number of amides is 1. The number of rotatable bonds is 5. The van der Waals surface area contributed by atoms with Crippen molar-refractivity contribution < 1.29 is 4.79 Å². The van der Waals surface area contributed by atoms with Crippen LogP contribution in [0.15, 0.2) is 0 Å². The highest BCUT2D eigenvalue weighted by Crippen LogP contribution is 2.16. The molecule has 2 unspecified atom stereocenters. The molecule has 1 rings (SSSR count). The first-order chi connectivity index (χ1) is 7.58. The lowest BCUT2D eigenvalue weighted by Gasteiger charge is -2.27. The zero-order valence-corrected chi connectivity index (χ0v) is 10.5. The fraction of sp³-hybridized carbons (Fsp3) is 0.917. The summed E-state index contributed by atoms with van der Waals surface area (Å²) in [6.07, 6.45) is 5.15. The van der Waals surface area contributed by atoms with Crippen LogP contribution in [0, 0.1) is 0 Å². The molecule has 0 aromatic carbocycles. The minimum absolute atomic E-state index is 0.127.